The third kappa shape index (κ3) is 3.96. The first-order chi connectivity index (χ1) is 15.7. The normalized spacial score (nSPS) is 17.9. The highest BCUT2D eigenvalue weighted by Crippen LogP contribution is 2.37. The van der Waals surface area contributed by atoms with E-state index >= 15 is 0 Å². The van der Waals surface area contributed by atoms with E-state index in [1.807, 2.05) is 12.1 Å². The molecule has 174 valence electrons. The fourth-order valence-corrected chi connectivity index (χ4v) is 4.10. The molecule has 0 radical (unpaired) electrons. The van der Waals surface area contributed by atoms with E-state index in [4.69, 9.17) is 9.47 Å². The van der Waals surface area contributed by atoms with Crippen molar-refractivity contribution in [3.63, 3.8) is 0 Å². The summed E-state index contributed by atoms with van der Waals surface area (Å²) in [7, 11) is 4.56. The number of amides is 3. The van der Waals surface area contributed by atoms with Gasteiger partial charge in [0.1, 0.15) is 5.82 Å². The Bertz CT molecular complexity index is 1170. The second-order valence-corrected chi connectivity index (χ2v) is 7.76. The number of likely N-dealkylation sites (N-methyl/N-ethyl adjacent to an activating group) is 1. The van der Waals surface area contributed by atoms with Crippen molar-refractivity contribution in [1.29, 1.82) is 0 Å². The van der Waals surface area contributed by atoms with Crippen molar-refractivity contribution in [3.05, 3.63) is 70.2 Å². The zero-order valence-corrected chi connectivity index (χ0v) is 18.2. The number of urea groups is 1. The van der Waals surface area contributed by atoms with Crippen LogP contribution in [-0.4, -0.2) is 56.1 Å². The van der Waals surface area contributed by atoms with Crippen molar-refractivity contribution >= 4 is 11.9 Å². The number of hydrogen-bond donors (Lipinski definition) is 1. The lowest BCUT2D eigenvalue weighted by Crippen LogP contribution is -2.45. The number of benzene rings is 2. The molecule has 0 fully saturated rings. The molecule has 1 atom stereocenters. The third-order valence-electron chi connectivity index (χ3n) is 5.90. The zero-order valence-electron chi connectivity index (χ0n) is 18.2. The van der Waals surface area contributed by atoms with E-state index in [2.05, 4.69) is 5.32 Å². The van der Waals surface area contributed by atoms with Gasteiger partial charge in [-0.3, -0.25) is 9.69 Å². The minimum Gasteiger partial charge on any atom is -0.493 e. The average molecular weight is 461 g/mol. The second-order valence-electron chi connectivity index (χ2n) is 7.76. The Labute approximate surface area is 188 Å². The highest BCUT2D eigenvalue weighted by atomic mass is 19.2. The number of carbonyl (C=O) groups is 2. The average Bonchev–Trinajstić information content (AvgIpc) is 3.13. The van der Waals surface area contributed by atoms with Crippen molar-refractivity contribution in [2.75, 3.05) is 34.4 Å². The maximum atomic E-state index is 14.5. The quantitative estimate of drug-likeness (QED) is 0.671. The lowest BCUT2D eigenvalue weighted by atomic mass is 9.95. The van der Waals surface area contributed by atoms with Crippen molar-refractivity contribution in [3.8, 4) is 11.5 Å². The van der Waals surface area contributed by atoms with E-state index in [1.54, 1.807) is 6.07 Å². The summed E-state index contributed by atoms with van der Waals surface area (Å²) < 4.78 is 52.3. The van der Waals surface area contributed by atoms with Crippen molar-refractivity contribution in [2.24, 2.45) is 0 Å². The van der Waals surface area contributed by atoms with Crippen LogP contribution in [0.25, 0.3) is 0 Å². The van der Waals surface area contributed by atoms with Gasteiger partial charge in [0.2, 0.25) is 0 Å². The van der Waals surface area contributed by atoms with Crippen molar-refractivity contribution in [2.45, 2.75) is 12.5 Å². The topological polar surface area (TPSA) is 71.1 Å². The predicted molar refractivity (Wildman–Crippen MR) is 112 cm³/mol. The highest BCUT2D eigenvalue weighted by molar-refractivity contribution is 6.01. The van der Waals surface area contributed by atoms with Crippen molar-refractivity contribution in [1.82, 2.24) is 15.1 Å². The fraction of sp³-hybridized carbons (Fsp3) is 0.304. The van der Waals surface area contributed by atoms with Crippen LogP contribution in [0.4, 0.5) is 18.0 Å². The minimum atomic E-state index is -1.35. The van der Waals surface area contributed by atoms with Crippen molar-refractivity contribution < 1.29 is 32.2 Å². The van der Waals surface area contributed by atoms with Gasteiger partial charge >= 0.3 is 6.03 Å². The first kappa shape index (κ1) is 22.5. The number of carbonyl (C=O) groups excluding carboxylic acids is 2. The first-order valence-electron chi connectivity index (χ1n) is 10.2. The maximum absolute atomic E-state index is 14.5. The molecule has 4 rings (SSSR count). The van der Waals surface area contributed by atoms with E-state index in [0.717, 1.165) is 5.56 Å². The Morgan fingerprint density at radius 2 is 1.70 bits per heavy atom. The van der Waals surface area contributed by atoms with Crippen LogP contribution in [0.1, 0.15) is 17.2 Å². The molecular weight excluding hydrogens is 439 g/mol. The smallest absolute Gasteiger partial charge is 0.322 e. The molecule has 2 heterocycles. The lowest BCUT2D eigenvalue weighted by Gasteiger charge is -2.31. The Balaban J connectivity index is 1.59. The molecule has 1 N–H and O–H groups in total. The minimum absolute atomic E-state index is 0.132. The molecule has 0 aromatic heterocycles. The van der Waals surface area contributed by atoms with Gasteiger partial charge in [-0.2, -0.15) is 0 Å². The standard InChI is InChI=1S/C23H22F3N3O4/c1-28-17-11-29(7-6-12-4-5-18(32-2)19(8-12)33-3)22(30)20(17)21(27-23(28)31)13-9-15(25)16(26)10-14(13)24/h4-5,8-10,21H,6-7,11H2,1-3H3,(H,27,31). The van der Waals surface area contributed by atoms with E-state index in [1.165, 1.54) is 31.1 Å². The van der Waals surface area contributed by atoms with Gasteiger partial charge in [0.25, 0.3) is 5.91 Å². The molecule has 33 heavy (non-hydrogen) atoms. The van der Waals surface area contributed by atoms with Crippen LogP contribution in [-0.2, 0) is 11.2 Å². The van der Waals surface area contributed by atoms with Crippen LogP contribution in [0, 0.1) is 17.5 Å². The number of hydrogen-bond acceptors (Lipinski definition) is 4. The molecule has 0 saturated heterocycles. The molecule has 7 nitrogen and oxygen atoms in total. The van der Waals surface area contributed by atoms with Gasteiger partial charge in [0, 0.05) is 25.2 Å². The van der Waals surface area contributed by atoms with Gasteiger partial charge in [0.05, 0.1) is 38.1 Å². The monoisotopic (exact) mass is 461 g/mol. The Hall–Kier alpha value is -3.69. The Kier molecular flexibility index (Phi) is 5.92. The molecule has 0 aliphatic carbocycles. The number of ether oxygens (including phenoxy) is 2. The lowest BCUT2D eigenvalue weighted by molar-refractivity contribution is -0.125. The SMILES string of the molecule is COc1ccc(CCN2CC3=C(C2=O)C(c2cc(F)c(F)cc2F)NC(=O)N3C)cc1OC. The van der Waals surface area contributed by atoms with Crippen LogP contribution in [0.15, 0.2) is 41.6 Å². The van der Waals surface area contributed by atoms with Crippen LogP contribution < -0.4 is 14.8 Å². The summed E-state index contributed by atoms with van der Waals surface area (Å²) in [6.45, 7) is 0.448. The first-order valence-corrected chi connectivity index (χ1v) is 10.2. The van der Waals surface area contributed by atoms with E-state index in [9.17, 15) is 22.8 Å². The predicted octanol–water partition coefficient (Wildman–Crippen LogP) is 3.16. The van der Waals surface area contributed by atoms with E-state index < -0.39 is 35.4 Å². The van der Waals surface area contributed by atoms with E-state index in [-0.39, 0.29) is 17.7 Å². The molecule has 10 heteroatoms. The number of methoxy groups -OCH3 is 2. The molecule has 1 unspecified atom stereocenters. The summed E-state index contributed by atoms with van der Waals surface area (Å²) in [5.41, 5.74) is 1.12. The van der Waals surface area contributed by atoms with Crippen LogP contribution in [0.2, 0.25) is 0 Å². The Morgan fingerprint density at radius 3 is 2.39 bits per heavy atom. The molecule has 2 aromatic carbocycles. The van der Waals surface area contributed by atoms with Gasteiger partial charge < -0.3 is 19.7 Å². The van der Waals surface area contributed by atoms with Crippen LogP contribution in [0.5, 0.6) is 11.5 Å². The molecular formula is C23H22F3N3O4. The molecule has 0 bridgehead atoms. The number of nitrogens with zero attached hydrogens (tertiary/aromatic N) is 2. The molecule has 2 aliphatic heterocycles. The summed E-state index contributed by atoms with van der Waals surface area (Å²) in [5.74, 6) is -2.93. The van der Waals surface area contributed by atoms with Crippen LogP contribution in [0.3, 0.4) is 0 Å². The van der Waals surface area contributed by atoms with Gasteiger partial charge in [-0.1, -0.05) is 6.07 Å². The van der Waals surface area contributed by atoms with E-state index in [0.29, 0.717) is 42.3 Å². The molecule has 0 spiro atoms. The second kappa shape index (κ2) is 8.68. The van der Waals surface area contributed by atoms with Gasteiger partial charge in [0.15, 0.2) is 23.1 Å². The molecule has 2 aliphatic rings. The summed E-state index contributed by atoms with van der Waals surface area (Å²) in [6, 6.07) is 4.71. The maximum Gasteiger partial charge on any atom is 0.322 e. The largest absolute Gasteiger partial charge is 0.493 e. The van der Waals surface area contributed by atoms with Gasteiger partial charge in [-0.05, 0) is 30.2 Å². The summed E-state index contributed by atoms with van der Waals surface area (Å²) in [5, 5.41) is 2.52. The van der Waals surface area contributed by atoms with Gasteiger partial charge in [-0.25, -0.2) is 18.0 Å². The molecule has 3 amide bonds. The number of halogens is 3. The highest BCUT2D eigenvalue weighted by Gasteiger charge is 2.43. The summed E-state index contributed by atoms with van der Waals surface area (Å²) >= 11 is 0. The van der Waals surface area contributed by atoms with Gasteiger partial charge in [-0.15, -0.1) is 0 Å². The molecule has 0 saturated carbocycles. The number of nitrogens with one attached hydrogen (secondary N) is 1. The summed E-state index contributed by atoms with van der Waals surface area (Å²) in [4.78, 5) is 28.5. The number of rotatable bonds is 6. The Morgan fingerprint density at radius 1 is 1.00 bits per heavy atom. The molecule has 2 aromatic rings. The zero-order chi connectivity index (χ0) is 23.9. The third-order valence-corrected chi connectivity index (χ3v) is 5.90. The van der Waals surface area contributed by atoms with Crippen LogP contribution >= 0.6 is 0 Å². The summed E-state index contributed by atoms with van der Waals surface area (Å²) in [6.07, 6.45) is 0.488. The fourth-order valence-electron chi connectivity index (χ4n) is 4.10.